The van der Waals surface area contributed by atoms with Gasteiger partial charge in [0.15, 0.2) is 0 Å². The van der Waals surface area contributed by atoms with E-state index >= 15 is 0 Å². The predicted molar refractivity (Wildman–Crippen MR) is 60.1 cm³/mol. The summed E-state index contributed by atoms with van der Waals surface area (Å²) >= 11 is 0. The molecule has 6 heteroatoms. The highest BCUT2D eigenvalue weighted by Gasteiger charge is 2.10. The Kier molecular flexibility index (Phi) is 4.56. The van der Waals surface area contributed by atoms with E-state index in [0.717, 1.165) is 6.07 Å². The van der Waals surface area contributed by atoms with Crippen LogP contribution in [0.25, 0.3) is 0 Å². The molecule has 1 aromatic rings. The van der Waals surface area contributed by atoms with Crippen LogP contribution in [0.5, 0.6) is 0 Å². The van der Waals surface area contributed by atoms with Gasteiger partial charge in [-0.25, -0.2) is 4.39 Å². The van der Waals surface area contributed by atoms with Crippen LogP contribution >= 0.6 is 0 Å². The maximum Gasteiger partial charge on any atom is 0.272 e. The van der Waals surface area contributed by atoms with Gasteiger partial charge in [0.2, 0.25) is 5.91 Å². The molecule has 1 aromatic carbocycles. The Hall–Kier alpha value is -1.98. The predicted octanol–water partition coefficient (Wildman–Crippen LogP) is 1.80. The van der Waals surface area contributed by atoms with Crippen molar-refractivity contribution in [3.63, 3.8) is 0 Å². The maximum atomic E-state index is 13.4. The molecule has 1 rings (SSSR count). The highest BCUT2D eigenvalue weighted by molar-refractivity contribution is 5.75. The molecular formula is C11H13FN2O3. The third-order valence-corrected chi connectivity index (χ3v) is 2.38. The van der Waals surface area contributed by atoms with Crippen LogP contribution in [0.3, 0.4) is 0 Å². The number of amides is 1. The molecule has 0 aliphatic carbocycles. The van der Waals surface area contributed by atoms with Gasteiger partial charge in [-0.3, -0.25) is 14.9 Å². The van der Waals surface area contributed by atoms with Crippen LogP contribution in [-0.2, 0) is 11.2 Å². The summed E-state index contributed by atoms with van der Waals surface area (Å²) in [5.41, 5.74) is 0.122. The summed E-state index contributed by atoms with van der Waals surface area (Å²) in [6, 6.07) is 3.55. The molecule has 0 radical (unpaired) electrons. The van der Waals surface area contributed by atoms with Gasteiger partial charge in [-0.05, 0) is 24.5 Å². The summed E-state index contributed by atoms with van der Waals surface area (Å²) in [6.45, 7) is 0. The fourth-order valence-corrected chi connectivity index (χ4v) is 1.42. The molecule has 0 aliphatic heterocycles. The van der Waals surface area contributed by atoms with Crippen molar-refractivity contribution in [3.05, 3.63) is 39.7 Å². The molecule has 0 saturated heterocycles. The molecule has 0 aromatic heterocycles. The second-order valence-electron chi connectivity index (χ2n) is 3.56. The fourth-order valence-electron chi connectivity index (χ4n) is 1.42. The van der Waals surface area contributed by atoms with Crippen LogP contribution in [0.1, 0.15) is 18.4 Å². The van der Waals surface area contributed by atoms with Crippen LogP contribution in [0.4, 0.5) is 10.1 Å². The lowest BCUT2D eigenvalue weighted by molar-refractivity contribution is -0.385. The largest absolute Gasteiger partial charge is 0.359 e. The zero-order valence-electron chi connectivity index (χ0n) is 9.40. The summed E-state index contributed by atoms with van der Waals surface area (Å²) in [5, 5.41) is 12.9. The number of nitrogens with zero attached hydrogens (tertiary/aromatic N) is 1. The minimum absolute atomic E-state index is 0.104. The lowest BCUT2D eigenvalue weighted by Crippen LogP contribution is -2.17. The summed E-state index contributed by atoms with van der Waals surface area (Å²) in [6.07, 6.45) is 1.21. The quantitative estimate of drug-likeness (QED) is 0.630. The summed E-state index contributed by atoms with van der Waals surface area (Å²) in [4.78, 5) is 20.7. The second-order valence-corrected chi connectivity index (χ2v) is 3.56. The zero-order valence-corrected chi connectivity index (χ0v) is 9.40. The Morgan fingerprint density at radius 1 is 1.53 bits per heavy atom. The average Bonchev–Trinajstić information content (AvgIpc) is 2.30. The number of rotatable bonds is 5. The number of nitro benzene ring substituents is 1. The van der Waals surface area contributed by atoms with Crippen molar-refractivity contribution in [1.82, 2.24) is 5.32 Å². The van der Waals surface area contributed by atoms with Gasteiger partial charge >= 0.3 is 0 Å². The van der Waals surface area contributed by atoms with Crippen molar-refractivity contribution in [1.29, 1.82) is 0 Å². The normalized spacial score (nSPS) is 10.0. The molecule has 0 atom stereocenters. The number of carbonyl (C=O) groups is 1. The number of nitro groups is 1. The lowest BCUT2D eigenvalue weighted by Gasteiger charge is -2.03. The molecule has 0 unspecified atom stereocenters. The Morgan fingerprint density at radius 2 is 2.24 bits per heavy atom. The van der Waals surface area contributed by atoms with Crippen LogP contribution < -0.4 is 5.32 Å². The molecule has 17 heavy (non-hydrogen) atoms. The first-order valence-electron chi connectivity index (χ1n) is 5.18. The van der Waals surface area contributed by atoms with Crippen LogP contribution in [0.15, 0.2) is 18.2 Å². The maximum absolute atomic E-state index is 13.4. The number of hydrogen-bond acceptors (Lipinski definition) is 3. The molecular weight excluding hydrogens is 227 g/mol. The van der Waals surface area contributed by atoms with Crippen molar-refractivity contribution >= 4 is 11.6 Å². The van der Waals surface area contributed by atoms with Gasteiger partial charge in [0.25, 0.3) is 5.69 Å². The Morgan fingerprint density at radius 3 is 2.76 bits per heavy atom. The average molecular weight is 240 g/mol. The molecule has 1 N–H and O–H groups in total. The molecule has 0 aliphatic rings. The molecule has 0 spiro atoms. The number of aryl methyl sites for hydroxylation is 1. The minimum atomic E-state index is -0.641. The number of nitrogens with one attached hydrogen (secondary N) is 1. The number of non-ortho nitro benzene ring substituents is 1. The summed E-state index contributed by atoms with van der Waals surface area (Å²) < 4.78 is 13.4. The number of carbonyl (C=O) groups excluding carboxylic acids is 1. The van der Waals surface area contributed by atoms with Crippen molar-refractivity contribution < 1.29 is 14.1 Å². The minimum Gasteiger partial charge on any atom is -0.359 e. The molecule has 5 nitrogen and oxygen atoms in total. The first-order chi connectivity index (χ1) is 8.04. The van der Waals surface area contributed by atoms with E-state index in [4.69, 9.17) is 0 Å². The Bertz CT molecular complexity index is 435. The van der Waals surface area contributed by atoms with Crippen molar-refractivity contribution in [3.8, 4) is 0 Å². The third kappa shape index (κ3) is 3.82. The monoisotopic (exact) mass is 240 g/mol. The Labute approximate surface area is 97.8 Å². The van der Waals surface area contributed by atoms with Gasteiger partial charge < -0.3 is 5.32 Å². The van der Waals surface area contributed by atoms with Gasteiger partial charge in [-0.15, -0.1) is 0 Å². The van der Waals surface area contributed by atoms with Gasteiger partial charge in [0.05, 0.1) is 11.0 Å². The summed E-state index contributed by atoms with van der Waals surface area (Å²) in [5.74, 6) is -0.705. The Balaban J connectivity index is 2.60. The second kappa shape index (κ2) is 5.93. The zero-order chi connectivity index (χ0) is 12.8. The van der Waals surface area contributed by atoms with E-state index in [-0.39, 0.29) is 11.6 Å². The van der Waals surface area contributed by atoms with Crippen molar-refractivity contribution in [2.24, 2.45) is 0 Å². The van der Waals surface area contributed by atoms with E-state index in [1.165, 1.54) is 19.2 Å². The number of halogens is 1. The van der Waals surface area contributed by atoms with Crippen molar-refractivity contribution in [2.45, 2.75) is 19.3 Å². The molecule has 92 valence electrons. The van der Waals surface area contributed by atoms with E-state index in [1.807, 2.05) is 0 Å². The first-order valence-corrected chi connectivity index (χ1v) is 5.18. The smallest absolute Gasteiger partial charge is 0.272 e. The standard InChI is InChI=1S/C11H13FN2O3/c1-13-11(15)4-2-3-8-5-6-9(14(16)17)7-10(8)12/h5-7H,2-4H2,1H3,(H,13,15). The molecule has 0 fully saturated rings. The number of benzene rings is 1. The first kappa shape index (κ1) is 13.1. The highest BCUT2D eigenvalue weighted by Crippen LogP contribution is 2.18. The van der Waals surface area contributed by atoms with Gasteiger partial charge in [0.1, 0.15) is 5.82 Å². The SMILES string of the molecule is CNC(=O)CCCc1ccc([N+](=O)[O-])cc1F. The third-order valence-electron chi connectivity index (χ3n) is 2.38. The van der Waals surface area contributed by atoms with Gasteiger partial charge in [0, 0.05) is 19.5 Å². The fraction of sp³-hybridized carbons (Fsp3) is 0.364. The van der Waals surface area contributed by atoms with E-state index in [2.05, 4.69) is 5.32 Å². The van der Waals surface area contributed by atoms with E-state index in [0.29, 0.717) is 24.8 Å². The van der Waals surface area contributed by atoms with Crippen LogP contribution in [0, 0.1) is 15.9 Å². The van der Waals surface area contributed by atoms with Crippen molar-refractivity contribution in [2.75, 3.05) is 7.05 Å². The van der Waals surface area contributed by atoms with E-state index < -0.39 is 10.7 Å². The molecule has 1 amide bonds. The van der Waals surface area contributed by atoms with E-state index in [9.17, 15) is 19.3 Å². The number of hydrogen-bond donors (Lipinski definition) is 1. The molecule has 0 saturated carbocycles. The highest BCUT2D eigenvalue weighted by atomic mass is 19.1. The lowest BCUT2D eigenvalue weighted by atomic mass is 10.1. The van der Waals surface area contributed by atoms with Gasteiger partial charge in [-0.1, -0.05) is 0 Å². The molecule has 0 heterocycles. The van der Waals surface area contributed by atoms with Crippen LogP contribution in [0.2, 0.25) is 0 Å². The van der Waals surface area contributed by atoms with E-state index in [1.54, 1.807) is 0 Å². The molecule has 0 bridgehead atoms. The topological polar surface area (TPSA) is 72.2 Å². The summed E-state index contributed by atoms with van der Waals surface area (Å²) in [7, 11) is 1.54. The van der Waals surface area contributed by atoms with Gasteiger partial charge in [-0.2, -0.15) is 0 Å². The van der Waals surface area contributed by atoms with Crippen LogP contribution in [-0.4, -0.2) is 17.9 Å².